The van der Waals surface area contributed by atoms with E-state index in [2.05, 4.69) is 37.5 Å². The van der Waals surface area contributed by atoms with Crippen molar-refractivity contribution in [2.45, 2.75) is 0 Å². The highest BCUT2D eigenvalue weighted by Crippen LogP contribution is 2.28. The third kappa shape index (κ3) is 3.85. The highest BCUT2D eigenvalue weighted by molar-refractivity contribution is 14.2. The lowest BCUT2D eigenvalue weighted by Gasteiger charge is -2.09. The molecule has 1 heterocycles. The van der Waals surface area contributed by atoms with Gasteiger partial charge in [0.25, 0.3) is 0 Å². The molecule has 0 fully saturated rings. The van der Waals surface area contributed by atoms with Gasteiger partial charge < -0.3 is 21.5 Å². The lowest BCUT2D eigenvalue weighted by Crippen LogP contribution is -1.99. The van der Waals surface area contributed by atoms with Gasteiger partial charge in [-0.1, -0.05) is 6.07 Å². The van der Waals surface area contributed by atoms with Crippen molar-refractivity contribution in [3.8, 4) is 5.69 Å². The topological polar surface area (TPSA) is 91.8 Å². The van der Waals surface area contributed by atoms with Crippen LogP contribution in [0.3, 0.4) is 0 Å². The van der Waals surface area contributed by atoms with Gasteiger partial charge >= 0.3 is 0 Å². The summed E-state index contributed by atoms with van der Waals surface area (Å²) in [6, 6.07) is 15.3. The second kappa shape index (κ2) is 7.63. The van der Waals surface area contributed by atoms with Crippen molar-refractivity contribution in [2.75, 3.05) is 16.1 Å². The fourth-order valence-corrected chi connectivity index (χ4v) is 3.48. The van der Waals surface area contributed by atoms with Crippen molar-refractivity contribution in [3.63, 3.8) is 0 Å². The Labute approximate surface area is 154 Å². The number of nitrogens with zero attached hydrogens (tertiary/aromatic N) is 2. The fourth-order valence-electron chi connectivity index (χ4n) is 2.27. The molecule has 3 rings (SSSR count). The minimum absolute atomic E-state index is 0.561. The van der Waals surface area contributed by atoms with Gasteiger partial charge in [0.2, 0.25) is 0 Å². The number of nitrogens with one attached hydrogen (secondary N) is 3. The summed E-state index contributed by atoms with van der Waals surface area (Å²) < 4.78 is 1.77. The van der Waals surface area contributed by atoms with Crippen LogP contribution in [0.25, 0.3) is 5.69 Å². The predicted octanol–water partition coefficient (Wildman–Crippen LogP) is 4.55. The van der Waals surface area contributed by atoms with Crippen molar-refractivity contribution >= 4 is 57.5 Å². The average molecular weight is 450 g/mol. The van der Waals surface area contributed by atoms with E-state index in [1.807, 2.05) is 54.7 Å². The maximum Gasteiger partial charge on any atom is 0.152 e. The number of halogens is 1. The van der Waals surface area contributed by atoms with Crippen LogP contribution in [0.5, 0.6) is 0 Å². The minimum Gasteiger partial charge on any atom is -0.399 e. The molecule has 5 N–H and O–H groups in total. The van der Waals surface area contributed by atoms with Gasteiger partial charge in [0.1, 0.15) is 0 Å². The van der Waals surface area contributed by atoms with Crippen LogP contribution in [-0.4, -0.2) is 16.0 Å². The predicted molar refractivity (Wildman–Crippen MR) is 112 cm³/mol. The Morgan fingerprint density at radius 3 is 2.83 bits per heavy atom. The highest BCUT2D eigenvalue weighted by Gasteiger charge is 2.05. The van der Waals surface area contributed by atoms with Gasteiger partial charge in [0.05, 0.1) is 5.69 Å². The second-order valence-electron chi connectivity index (χ2n) is 5.03. The lowest BCUT2D eigenvalue weighted by atomic mass is 10.2. The molecule has 0 spiro atoms. The summed E-state index contributed by atoms with van der Waals surface area (Å²) >= 11 is 2.27. The summed E-state index contributed by atoms with van der Waals surface area (Å²) in [6.45, 7) is 0. The molecule has 1 unspecified atom stereocenters. The van der Waals surface area contributed by atoms with E-state index in [1.165, 1.54) is 6.21 Å². The molecule has 3 aromatic rings. The minimum atomic E-state index is 0.561. The maximum atomic E-state index is 7.55. The molecule has 0 aliphatic rings. The van der Waals surface area contributed by atoms with Crippen LogP contribution >= 0.6 is 28.4 Å². The highest BCUT2D eigenvalue weighted by atomic mass is 127. The second-order valence-corrected chi connectivity index (χ2v) is 7.09. The molecule has 2 aromatic carbocycles. The van der Waals surface area contributed by atoms with E-state index in [-0.39, 0.29) is 0 Å². The molecule has 0 bridgehead atoms. The molecule has 122 valence electrons. The normalized spacial score (nSPS) is 10.9. The van der Waals surface area contributed by atoms with E-state index in [1.54, 1.807) is 4.68 Å². The van der Waals surface area contributed by atoms with Gasteiger partial charge in [-0.05, 0) is 58.4 Å². The number of benzene rings is 2. The first-order valence-corrected chi connectivity index (χ1v) is 11.3. The monoisotopic (exact) mass is 450 g/mol. The quantitative estimate of drug-likeness (QED) is 0.192. The number of rotatable bonds is 6. The fraction of sp³-hybridized carbons (Fsp3) is 0. The van der Waals surface area contributed by atoms with E-state index in [9.17, 15) is 0 Å². The van der Waals surface area contributed by atoms with Gasteiger partial charge in [0.15, 0.2) is 5.82 Å². The summed E-state index contributed by atoms with van der Waals surface area (Å²) in [4.78, 5) is 0. The van der Waals surface area contributed by atoms with Gasteiger partial charge in [-0.3, -0.25) is 0 Å². The Kier molecular flexibility index (Phi) is 5.32. The summed E-state index contributed by atoms with van der Waals surface area (Å²) in [5.41, 5.74) is 10.1. The number of nitrogen functional groups attached to an aromatic ring is 1. The number of hydrogen-bond acceptors (Lipinski definition) is 5. The number of aromatic nitrogens is 2. The van der Waals surface area contributed by atoms with Gasteiger partial charge in [0, 0.05) is 47.5 Å². The van der Waals surface area contributed by atoms with Crippen molar-refractivity contribution in [2.24, 2.45) is 0 Å². The van der Waals surface area contributed by atoms with Crippen LogP contribution in [0.4, 0.5) is 22.9 Å². The van der Waals surface area contributed by atoms with Gasteiger partial charge in [-0.15, -0.1) is 0 Å². The first kappa shape index (κ1) is 16.7. The van der Waals surface area contributed by atoms with Crippen LogP contribution in [0.15, 0.2) is 54.7 Å². The lowest BCUT2D eigenvalue weighted by molar-refractivity contribution is 0.885. The van der Waals surface area contributed by atoms with E-state index in [0.717, 1.165) is 28.4 Å². The summed E-state index contributed by atoms with van der Waals surface area (Å²) in [6.07, 6.45) is 3.78. The molecule has 1 aromatic heterocycles. The van der Waals surface area contributed by atoms with Crippen molar-refractivity contribution in [1.82, 2.24) is 9.78 Å². The third-order valence-electron chi connectivity index (χ3n) is 3.39. The van der Waals surface area contributed by atoms with Crippen LogP contribution in [0, 0.1) is 5.41 Å². The first-order valence-electron chi connectivity index (χ1n) is 7.14. The Hall–Kier alpha value is -2.12. The van der Waals surface area contributed by atoms with Crippen molar-refractivity contribution < 1.29 is 0 Å². The summed E-state index contributed by atoms with van der Waals surface area (Å²) in [7, 11) is 0. The molecule has 24 heavy (non-hydrogen) atoms. The first-order chi connectivity index (χ1) is 11.7. The molecule has 0 saturated heterocycles. The third-order valence-corrected chi connectivity index (χ3v) is 4.56. The molecular weight excluding hydrogens is 434 g/mol. The molecule has 0 aliphatic heterocycles. The van der Waals surface area contributed by atoms with Crippen LogP contribution in [0.2, 0.25) is 0 Å². The standard InChI is InChI=1S/C16H16IN6P/c17-24-22-15-5-4-13(8-11(15)10-18)20-16-6-7-23(21-16)14-3-1-2-12(19)9-14/h1-10,18,22,24H,19H2,(H,20,21). The van der Waals surface area contributed by atoms with Crippen LogP contribution in [-0.2, 0) is 0 Å². The van der Waals surface area contributed by atoms with E-state index >= 15 is 0 Å². The molecule has 0 saturated carbocycles. The van der Waals surface area contributed by atoms with E-state index in [4.69, 9.17) is 11.1 Å². The molecule has 6 nitrogen and oxygen atoms in total. The molecule has 0 radical (unpaired) electrons. The maximum absolute atomic E-state index is 7.55. The molecule has 1 atom stereocenters. The zero-order valence-electron chi connectivity index (χ0n) is 12.6. The average Bonchev–Trinajstić information content (AvgIpc) is 3.05. The Balaban J connectivity index is 1.81. The Morgan fingerprint density at radius 1 is 1.21 bits per heavy atom. The number of hydrogen-bond donors (Lipinski definition) is 4. The zero-order valence-corrected chi connectivity index (χ0v) is 15.8. The smallest absolute Gasteiger partial charge is 0.152 e. The van der Waals surface area contributed by atoms with Crippen LogP contribution < -0.4 is 16.1 Å². The number of nitrogens with two attached hydrogens (primary N) is 1. The number of anilines is 4. The van der Waals surface area contributed by atoms with Crippen LogP contribution in [0.1, 0.15) is 5.56 Å². The van der Waals surface area contributed by atoms with Gasteiger partial charge in [-0.25, -0.2) is 4.68 Å². The summed E-state index contributed by atoms with van der Waals surface area (Å²) in [5, 5.41) is 18.6. The van der Waals surface area contributed by atoms with E-state index < -0.39 is 0 Å². The Bertz CT molecular complexity index is 863. The molecule has 8 heteroatoms. The SMILES string of the molecule is N=Cc1cc(Nc2ccn(-c3cccc(N)c3)n2)ccc1NPI. The van der Waals surface area contributed by atoms with E-state index in [0.29, 0.717) is 12.1 Å². The summed E-state index contributed by atoms with van der Waals surface area (Å²) in [5.74, 6) is 0.727. The van der Waals surface area contributed by atoms with Crippen molar-refractivity contribution in [3.05, 3.63) is 60.3 Å². The molecule has 0 aliphatic carbocycles. The Morgan fingerprint density at radius 2 is 2.08 bits per heavy atom. The van der Waals surface area contributed by atoms with Gasteiger partial charge in [-0.2, -0.15) is 5.10 Å². The largest absolute Gasteiger partial charge is 0.399 e. The molecular formula is C16H16IN6P. The van der Waals surface area contributed by atoms with Crippen molar-refractivity contribution in [1.29, 1.82) is 5.41 Å². The molecule has 0 amide bonds. The zero-order chi connectivity index (χ0) is 16.9.